The second-order valence-corrected chi connectivity index (χ2v) is 7.07. The molecule has 0 unspecified atom stereocenters. The molecule has 0 aliphatic heterocycles. The van der Waals surface area contributed by atoms with E-state index in [0.29, 0.717) is 0 Å². The first-order chi connectivity index (χ1) is 10.8. The summed E-state index contributed by atoms with van der Waals surface area (Å²) in [7, 11) is 0. The van der Waals surface area contributed by atoms with Crippen molar-refractivity contribution in [3.05, 3.63) is 57.9 Å². The van der Waals surface area contributed by atoms with Gasteiger partial charge in [-0.2, -0.15) is 0 Å². The summed E-state index contributed by atoms with van der Waals surface area (Å²) in [5.41, 5.74) is 5.44. The number of hydrogen-bond donors (Lipinski definition) is 1. The summed E-state index contributed by atoms with van der Waals surface area (Å²) in [6.45, 7) is 2.20. The van der Waals surface area contributed by atoms with Crippen LogP contribution in [0.4, 0.5) is 0 Å². The molecule has 0 fully saturated rings. The molecule has 1 N–H and O–H groups in total. The summed E-state index contributed by atoms with van der Waals surface area (Å²) in [6, 6.07) is 10.3. The summed E-state index contributed by atoms with van der Waals surface area (Å²) in [5, 5.41) is 13.4. The molecular weight excluding hydrogens is 312 g/mol. The number of hydrogen-bond acceptors (Lipinski definition) is 4. The molecule has 0 saturated heterocycles. The van der Waals surface area contributed by atoms with Crippen LogP contribution >= 0.6 is 22.7 Å². The summed E-state index contributed by atoms with van der Waals surface area (Å²) in [5.74, 6) is 0. The van der Waals surface area contributed by atoms with Crippen molar-refractivity contribution in [3.8, 4) is 21.7 Å². The Labute approximate surface area is 136 Å². The van der Waals surface area contributed by atoms with Gasteiger partial charge in [-0.15, -0.1) is 22.7 Å². The van der Waals surface area contributed by atoms with Gasteiger partial charge in [0.25, 0.3) is 0 Å². The topological polar surface area (TPSA) is 37.5 Å². The van der Waals surface area contributed by atoms with Crippen molar-refractivity contribution in [1.29, 1.82) is 0 Å². The highest BCUT2D eigenvalue weighted by Crippen LogP contribution is 2.30. The molecule has 0 amide bonds. The number of aliphatic hydroxyl groups is 1. The van der Waals surface area contributed by atoms with Gasteiger partial charge in [0, 0.05) is 16.8 Å². The van der Waals surface area contributed by atoms with Crippen LogP contribution in [0.5, 0.6) is 0 Å². The molecule has 0 aliphatic carbocycles. The fraction of sp³-hybridized carbons (Fsp3) is 0.118. The lowest BCUT2D eigenvalue weighted by molar-refractivity contribution is 0.285. The number of pyridine rings is 1. The van der Waals surface area contributed by atoms with Gasteiger partial charge < -0.3 is 9.51 Å². The smallest absolute Gasteiger partial charge is 0.137 e. The molecule has 4 heterocycles. The molecule has 4 aromatic heterocycles. The highest BCUT2D eigenvalue weighted by molar-refractivity contribution is 7.13. The first-order valence-corrected chi connectivity index (χ1v) is 8.73. The van der Waals surface area contributed by atoms with Gasteiger partial charge in [-0.3, -0.25) is 0 Å². The normalized spacial score (nSPS) is 11.4. The Hall–Kier alpha value is -1.95. The summed E-state index contributed by atoms with van der Waals surface area (Å²) < 4.78 is 2.14. The monoisotopic (exact) mass is 326 g/mol. The van der Waals surface area contributed by atoms with Crippen molar-refractivity contribution in [3.63, 3.8) is 0 Å². The first-order valence-electron chi connectivity index (χ1n) is 6.97. The number of nitrogens with zero attached hydrogens (tertiary/aromatic N) is 2. The van der Waals surface area contributed by atoms with Gasteiger partial charge >= 0.3 is 0 Å². The van der Waals surface area contributed by atoms with Gasteiger partial charge in [-0.25, -0.2) is 4.98 Å². The van der Waals surface area contributed by atoms with E-state index in [1.807, 2.05) is 6.07 Å². The third-order valence-electron chi connectivity index (χ3n) is 3.75. The van der Waals surface area contributed by atoms with Gasteiger partial charge in [0.2, 0.25) is 0 Å². The molecule has 0 saturated carbocycles. The summed E-state index contributed by atoms with van der Waals surface area (Å²) >= 11 is 3.29. The zero-order valence-corrected chi connectivity index (χ0v) is 13.6. The van der Waals surface area contributed by atoms with Crippen molar-refractivity contribution in [1.82, 2.24) is 9.38 Å². The molecule has 0 aliphatic rings. The zero-order chi connectivity index (χ0) is 15.1. The fourth-order valence-electron chi connectivity index (χ4n) is 2.59. The van der Waals surface area contributed by atoms with E-state index in [4.69, 9.17) is 4.98 Å². The predicted molar refractivity (Wildman–Crippen MR) is 92.5 cm³/mol. The Morgan fingerprint density at radius 1 is 1.18 bits per heavy atom. The van der Waals surface area contributed by atoms with Crippen LogP contribution in [0.1, 0.15) is 10.6 Å². The van der Waals surface area contributed by atoms with Crippen LogP contribution in [0, 0.1) is 6.92 Å². The van der Waals surface area contributed by atoms with Crippen LogP contribution in [0.3, 0.4) is 0 Å². The molecule has 4 rings (SSSR count). The number of aliphatic hydroxyl groups excluding tert-OH is 1. The quantitative estimate of drug-likeness (QED) is 0.598. The maximum absolute atomic E-state index is 9.22. The van der Waals surface area contributed by atoms with E-state index in [-0.39, 0.29) is 6.61 Å². The molecule has 5 heteroatoms. The Bertz CT molecular complexity index is 935. The lowest BCUT2D eigenvalue weighted by atomic mass is 10.1. The fourth-order valence-corrected chi connectivity index (χ4v) is 4.11. The number of imidazole rings is 1. The number of aryl methyl sites for hydroxylation is 1. The maximum atomic E-state index is 9.22. The molecule has 0 atom stereocenters. The van der Waals surface area contributed by atoms with Crippen molar-refractivity contribution in [2.24, 2.45) is 0 Å². The van der Waals surface area contributed by atoms with Gasteiger partial charge in [0.1, 0.15) is 11.3 Å². The van der Waals surface area contributed by atoms with E-state index in [9.17, 15) is 5.11 Å². The van der Waals surface area contributed by atoms with Gasteiger partial charge in [0.15, 0.2) is 0 Å². The lowest BCUT2D eigenvalue weighted by Gasteiger charge is -2.01. The maximum Gasteiger partial charge on any atom is 0.137 e. The first kappa shape index (κ1) is 13.7. The average molecular weight is 326 g/mol. The van der Waals surface area contributed by atoms with E-state index in [1.54, 1.807) is 22.7 Å². The van der Waals surface area contributed by atoms with Crippen molar-refractivity contribution >= 4 is 28.3 Å². The van der Waals surface area contributed by atoms with Crippen molar-refractivity contribution in [2.45, 2.75) is 13.5 Å². The largest absolute Gasteiger partial charge is 0.391 e. The van der Waals surface area contributed by atoms with Crippen molar-refractivity contribution in [2.75, 3.05) is 0 Å². The Balaban J connectivity index is 1.85. The molecular formula is C17H14N2OS2. The Morgan fingerprint density at radius 2 is 2.09 bits per heavy atom. The summed E-state index contributed by atoms with van der Waals surface area (Å²) in [4.78, 5) is 6.93. The van der Waals surface area contributed by atoms with Crippen LogP contribution in [0.2, 0.25) is 0 Å². The SMILES string of the molecule is Cc1c(-c2cccs2)nc2ccc(-c3csc(CO)c3)cn12. The van der Waals surface area contributed by atoms with E-state index in [2.05, 4.69) is 52.5 Å². The standard InChI is InChI=1S/C17H14N2OS2/c1-11-17(15-3-2-6-21-15)18-16-5-4-12(8-19(11)16)13-7-14(9-20)22-10-13/h2-8,10,20H,9H2,1H3. The minimum atomic E-state index is 0.0968. The molecule has 3 nitrogen and oxygen atoms in total. The van der Waals surface area contributed by atoms with Crippen LogP contribution in [-0.4, -0.2) is 14.5 Å². The number of thiophene rings is 2. The number of aromatic nitrogens is 2. The minimum Gasteiger partial charge on any atom is -0.391 e. The third-order valence-corrected chi connectivity index (χ3v) is 5.55. The van der Waals surface area contributed by atoms with Crippen LogP contribution in [-0.2, 0) is 6.61 Å². The molecule has 0 spiro atoms. The molecule has 0 bridgehead atoms. The third kappa shape index (κ3) is 2.18. The predicted octanol–water partition coefficient (Wildman–Crippen LogP) is 4.59. The van der Waals surface area contributed by atoms with Gasteiger partial charge in [0.05, 0.1) is 11.5 Å². The van der Waals surface area contributed by atoms with Gasteiger partial charge in [-0.05, 0) is 53.1 Å². The molecule has 0 radical (unpaired) electrons. The second kappa shape index (κ2) is 5.35. The zero-order valence-electron chi connectivity index (χ0n) is 12.0. The van der Waals surface area contributed by atoms with Gasteiger partial charge in [-0.1, -0.05) is 6.07 Å². The summed E-state index contributed by atoms with van der Waals surface area (Å²) in [6.07, 6.45) is 2.12. The Kier molecular flexibility index (Phi) is 3.33. The van der Waals surface area contributed by atoms with E-state index in [0.717, 1.165) is 33.0 Å². The van der Waals surface area contributed by atoms with Crippen molar-refractivity contribution < 1.29 is 5.11 Å². The lowest BCUT2D eigenvalue weighted by Crippen LogP contribution is -1.88. The molecule has 0 aromatic carbocycles. The highest BCUT2D eigenvalue weighted by atomic mass is 32.1. The van der Waals surface area contributed by atoms with Crippen LogP contribution in [0.15, 0.2) is 47.3 Å². The molecule has 4 aromatic rings. The highest BCUT2D eigenvalue weighted by Gasteiger charge is 2.12. The average Bonchev–Trinajstić information content (AvgIpc) is 3.27. The van der Waals surface area contributed by atoms with E-state index >= 15 is 0 Å². The number of fused-ring (bicyclic) bond motifs is 1. The second-order valence-electron chi connectivity index (χ2n) is 5.13. The van der Waals surface area contributed by atoms with E-state index in [1.165, 1.54) is 4.88 Å². The minimum absolute atomic E-state index is 0.0968. The Morgan fingerprint density at radius 3 is 2.82 bits per heavy atom. The van der Waals surface area contributed by atoms with Crippen LogP contribution < -0.4 is 0 Å². The van der Waals surface area contributed by atoms with E-state index < -0.39 is 0 Å². The molecule has 110 valence electrons. The molecule has 22 heavy (non-hydrogen) atoms. The number of rotatable bonds is 3. The van der Waals surface area contributed by atoms with Crippen LogP contribution in [0.25, 0.3) is 27.3 Å².